The van der Waals surface area contributed by atoms with Gasteiger partial charge in [-0.1, -0.05) is 19.3 Å². The second-order valence-electron chi connectivity index (χ2n) is 7.75. The van der Waals surface area contributed by atoms with Crippen LogP contribution in [-0.2, 0) is 4.79 Å². The largest absolute Gasteiger partial charge is 0.353 e. The van der Waals surface area contributed by atoms with Crippen LogP contribution in [0.4, 0.5) is 17.5 Å². The Labute approximate surface area is 166 Å². The van der Waals surface area contributed by atoms with Crippen LogP contribution in [-0.4, -0.2) is 51.9 Å². The van der Waals surface area contributed by atoms with Crippen molar-refractivity contribution in [3.8, 4) is 0 Å². The average molecular weight is 380 g/mol. The van der Waals surface area contributed by atoms with Crippen LogP contribution >= 0.6 is 0 Å². The molecule has 0 spiro atoms. The number of amides is 1. The summed E-state index contributed by atoms with van der Waals surface area (Å²) in [5.74, 6) is 2.98. The summed E-state index contributed by atoms with van der Waals surface area (Å²) in [5.41, 5.74) is 1.14. The van der Waals surface area contributed by atoms with Gasteiger partial charge in [-0.3, -0.25) is 4.79 Å². The summed E-state index contributed by atoms with van der Waals surface area (Å²) in [6.45, 7) is 5.17. The van der Waals surface area contributed by atoms with Gasteiger partial charge in [0.15, 0.2) is 0 Å². The van der Waals surface area contributed by atoms with Gasteiger partial charge < -0.3 is 15.1 Å². The van der Waals surface area contributed by atoms with Gasteiger partial charge in [-0.2, -0.15) is 0 Å². The lowest BCUT2D eigenvalue weighted by molar-refractivity contribution is -0.136. The molecule has 7 nitrogen and oxygen atoms in total. The molecule has 1 N–H and O–H groups in total. The molecule has 28 heavy (non-hydrogen) atoms. The van der Waals surface area contributed by atoms with Gasteiger partial charge >= 0.3 is 0 Å². The van der Waals surface area contributed by atoms with Crippen molar-refractivity contribution in [2.75, 3.05) is 36.4 Å². The van der Waals surface area contributed by atoms with Crippen molar-refractivity contribution >= 4 is 23.4 Å². The van der Waals surface area contributed by atoms with Crippen LogP contribution in [0, 0.1) is 12.8 Å². The van der Waals surface area contributed by atoms with Crippen LogP contribution in [0.25, 0.3) is 0 Å². The summed E-state index contributed by atoms with van der Waals surface area (Å²) in [5, 5.41) is 3.24. The first kappa shape index (κ1) is 18.7. The Bertz CT molecular complexity index is 812. The molecule has 0 unspecified atom stereocenters. The van der Waals surface area contributed by atoms with Crippen LogP contribution in [0.5, 0.6) is 0 Å². The van der Waals surface area contributed by atoms with Gasteiger partial charge in [0.05, 0.1) is 0 Å². The van der Waals surface area contributed by atoms with Crippen LogP contribution in [0.2, 0.25) is 0 Å². The molecule has 7 heteroatoms. The van der Waals surface area contributed by atoms with Crippen LogP contribution in [0.1, 0.15) is 37.7 Å². The molecule has 148 valence electrons. The highest BCUT2D eigenvalue weighted by Crippen LogP contribution is 2.26. The molecule has 0 bridgehead atoms. The molecule has 1 amide bonds. The lowest BCUT2D eigenvalue weighted by atomic mass is 9.88. The van der Waals surface area contributed by atoms with E-state index >= 15 is 0 Å². The lowest BCUT2D eigenvalue weighted by Gasteiger charge is -2.37. The lowest BCUT2D eigenvalue weighted by Crippen LogP contribution is -2.50. The third kappa shape index (κ3) is 4.40. The molecular formula is C21H28N6O. The highest BCUT2D eigenvalue weighted by molar-refractivity contribution is 5.79. The Morgan fingerprint density at radius 1 is 1.00 bits per heavy atom. The summed E-state index contributed by atoms with van der Waals surface area (Å²) in [4.78, 5) is 30.1. The van der Waals surface area contributed by atoms with Crippen LogP contribution in [0.15, 0.2) is 30.7 Å². The molecule has 1 saturated carbocycles. The van der Waals surface area contributed by atoms with Crippen molar-refractivity contribution in [3.05, 3.63) is 36.3 Å². The van der Waals surface area contributed by atoms with E-state index in [0.717, 1.165) is 62.0 Å². The molecule has 2 fully saturated rings. The van der Waals surface area contributed by atoms with Crippen molar-refractivity contribution in [1.29, 1.82) is 0 Å². The molecule has 2 aliphatic rings. The molecule has 2 aromatic heterocycles. The number of rotatable bonds is 4. The first-order valence-corrected chi connectivity index (χ1v) is 10.2. The molecule has 1 aliphatic carbocycles. The highest BCUT2D eigenvalue weighted by atomic mass is 16.2. The molecular weight excluding hydrogens is 352 g/mol. The number of piperazine rings is 1. The summed E-state index contributed by atoms with van der Waals surface area (Å²) >= 11 is 0. The van der Waals surface area contributed by atoms with Gasteiger partial charge in [0.25, 0.3) is 0 Å². The van der Waals surface area contributed by atoms with Crippen LogP contribution in [0.3, 0.4) is 0 Å². The fourth-order valence-corrected chi connectivity index (χ4v) is 4.09. The second-order valence-corrected chi connectivity index (χ2v) is 7.75. The van der Waals surface area contributed by atoms with E-state index < -0.39 is 0 Å². The average Bonchev–Trinajstić information content (AvgIpc) is 2.74. The Morgan fingerprint density at radius 3 is 2.50 bits per heavy atom. The summed E-state index contributed by atoms with van der Waals surface area (Å²) < 4.78 is 0. The van der Waals surface area contributed by atoms with E-state index in [9.17, 15) is 4.79 Å². The molecule has 0 aromatic carbocycles. The number of anilines is 3. The van der Waals surface area contributed by atoms with Crippen molar-refractivity contribution in [2.24, 2.45) is 5.92 Å². The smallest absolute Gasteiger partial charge is 0.225 e. The summed E-state index contributed by atoms with van der Waals surface area (Å²) in [6.07, 6.45) is 9.15. The fraction of sp³-hybridized carbons (Fsp3) is 0.524. The van der Waals surface area contributed by atoms with Crippen molar-refractivity contribution in [3.63, 3.8) is 0 Å². The minimum Gasteiger partial charge on any atom is -0.353 e. The minimum absolute atomic E-state index is 0.247. The number of nitrogens with one attached hydrogen (secondary N) is 1. The maximum Gasteiger partial charge on any atom is 0.225 e. The highest BCUT2D eigenvalue weighted by Gasteiger charge is 2.28. The fourth-order valence-electron chi connectivity index (χ4n) is 4.09. The van der Waals surface area contributed by atoms with Crippen LogP contribution < -0.4 is 10.2 Å². The Balaban J connectivity index is 1.36. The van der Waals surface area contributed by atoms with Gasteiger partial charge in [0, 0.05) is 44.4 Å². The number of pyridine rings is 1. The molecule has 1 aliphatic heterocycles. The van der Waals surface area contributed by atoms with Gasteiger partial charge in [0.1, 0.15) is 23.8 Å². The van der Waals surface area contributed by atoms with Gasteiger partial charge in [-0.05, 0) is 37.5 Å². The van der Waals surface area contributed by atoms with E-state index in [-0.39, 0.29) is 5.92 Å². The number of nitrogens with zero attached hydrogens (tertiary/aromatic N) is 5. The maximum atomic E-state index is 12.7. The zero-order valence-corrected chi connectivity index (χ0v) is 16.5. The predicted octanol–water partition coefficient (Wildman–Crippen LogP) is 3.15. The Hall–Kier alpha value is -2.70. The van der Waals surface area contributed by atoms with Crippen molar-refractivity contribution in [2.45, 2.75) is 39.0 Å². The zero-order valence-electron chi connectivity index (χ0n) is 16.5. The molecule has 0 atom stereocenters. The predicted molar refractivity (Wildman–Crippen MR) is 110 cm³/mol. The monoisotopic (exact) mass is 380 g/mol. The van der Waals surface area contributed by atoms with Crippen molar-refractivity contribution in [1.82, 2.24) is 19.9 Å². The van der Waals surface area contributed by atoms with E-state index in [1.165, 1.54) is 19.3 Å². The topological polar surface area (TPSA) is 74.2 Å². The van der Waals surface area contributed by atoms with E-state index in [1.807, 2.05) is 30.0 Å². The van der Waals surface area contributed by atoms with Gasteiger partial charge in [-0.15, -0.1) is 0 Å². The quantitative estimate of drug-likeness (QED) is 0.878. The maximum absolute atomic E-state index is 12.7. The Kier molecular flexibility index (Phi) is 5.69. The number of carbonyl (C=O) groups is 1. The SMILES string of the molecule is Cc1ccnc(Nc2cc(N3CCN(C(=O)C4CCCCC4)CC3)ncn2)c1. The first-order valence-electron chi connectivity index (χ1n) is 10.2. The third-order valence-corrected chi connectivity index (χ3v) is 5.69. The Morgan fingerprint density at radius 2 is 1.75 bits per heavy atom. The third-order valence-electron chi connectivity index (χ3n) is 5.69. The number of aryl methyl sites for hydroxylation is 1. The number of carbonyl (C=O) groups excluding carboxylic acids is 1. The van der Waals surface area contributed by atoms with E-state index in [1.54, 1.807) is 12.5 Å². The standard InChI is InChI=1S/C21H28N6O/c1-16-7-8-22-18(13-16)25-19-14-20(24-15-23-19)26-9-11-27(12-10-26)21(28)17-5-3-2-4-6-17/h7-8,13-15,17H,2-6,9-12H2,1H3,(H,22,23,24,25). The van der Waals surface area contributed by atoms with Gasteiger partial charge in [0.2, 0.25) is 5.91 Å². The molecule has 2 aromatic rings. The summed E-state index contributed by atoms with van der Waals surface area (Å²) in [7, 11) is 0. The summed E-state index contributed by atoms with van der Waals surface area (Å²) in [6, 6.07) is 5.89. The number of hydrogen-bond acceptors (Lipinski definition) is 6. The molecule has 3 heterocycles. The normalized spacial score (nSPS) is 18.2. The van der Waals surface area contributed by atoms with Gasteiger partial charge in [-0.25, -0.2) is 15.0 Å². The zero-order chi connectivity index (χ0) is 19.3. The van der Waals surface area contributed by atoms with Crippen molar-refractivity contribution < 1.29 is 4.79 Å². The molecule has 4 rings (SSSR count). The second kappa shape index (κ2) is 8.54. The minimum atomic E-state index is 0.247. The number of hydrogen-bond donors (Lipinski definition) is 1. The first-order chi connectivity index (χ1) is 13.7. The molecule has 0 radical (unpaired) electrons. The van der Waals surface area contributed by atoms with E-state index in [0.29, 0.717) is 5.91 Å². The van der Waals surface area contributed by atoms with E-state index in [2.05, 4.69) is 25.2 Å². The van der Waals surface area contributed by atoms with E-state index in [4.69, 9.17) is 0 Å². The number of aromatic nitrogens is 3. The molecule has 1 saturated heterocycles.